The van der Waals surface area contributed by atoms with Crippen molar-refractivity contribution in [3.8, 4) is 11.5 Å². The fourth-order valence-electron chi connectivity index (χ4n) is 4.60. The van der Waals surface area contributed by atoms with Gasteiger partial charge in [-0.15, -0.1) is 0 Å². The van der Waals surface area contributed by atoms with Crippen LogP contribution in [0, 0.1) is 5.92 Å². The van der Waals surface area contributed by atoms with Gasteiger partial charge in [-0.1, -0.05) is 61.8 Å². The van der Waals surface area contributed by atoms with Gasteiger partial charge in [-0.25, -0.2) is 0 Å². The largest absolute Gasteiger partial charge is 0.507 e. The summed E-state index contributed by atoms with van der Waals surface area (Å²) in [5.74, 6) is 0.000898. The fraction of sp³-hybridized carbons (Fsp3) is 0.312. The molecular formula is C32H34ClNO5. The van der Waals surface area contributed by atoms with Crippen LogP contribution in [-0.4, -0.2) is 41.5 Å². The monoisotopic (exact) mass is 547 g/mol. The van der Waals surface area contributed by atoms with Crippen LogP contribution in [0.3, 0.4) is 0 Å². The van der Waals surface area contributed by atoms with Crippen molar-refractivity contribution in [2.75, 3.05) is 19.8 Å². The van der Waals surface area contributed by atoms with E-state index in [9.17, 15) is 14.7 Å². The zero-order chi connectivity index (χ0) is 27.9. The van der Waals surface area contributed by atoms with Gasteiger partial charge < -0.3 is 19.5 Å². The third-order valence-electron chi connectivity index (χ3n) is 6.68. The number of aliphatic hydroxyl groups is 1. The maximum Gasteiger partial charge on any atom is 0.295 e. The van der Waals surface area contributed by atoms with E-state index in [1.165, 1.54) is 4.90 Å². The van der Waals surface area contributed by atoms with Crippen molar-refractivity contribution in [1.29, 1.82) is 0 Å². The normalized spacial score (nSPS) is 16.6. The van der Waals surface area contributed by atoms with Crippen molar-refractivity contribution in [1.82, 2.24) is 4.90 Å². The Kier molecular flexibility index (Phi) is 9.31. The third kappa shape index (κ3) is 6.63. The molecule has 1 heterocycles. The summed E-state index contributed by atoms with van der Waals surface area (Å²) in [6.07, 6.45) is 1.45. The minimum Gasteiger partial charge on any atom is -0.507 e. The number of rotatable bonds is 11. The van der Waals surface area contributed by atoms with E-state index < -0.39 is 17.7 Å². The van der Waals surface area contributed by atoms with Gasteiger partial charge in [-0.3, -0.25) is 9.59 Å². The molecule has 3 aromatic carbocycles. The lowest BCUT2D eigenvalue weighted by Crippen LogP contribution is -2.31. The minimum absolute atomic E-state index is 0.0336. The second-order valence-corrected chi connectivity index (χ2v) is 10.3. The van der Waals surface area contributed by atoms with Crippen LogP contribution >= 0.6 is 11.6 Å². The molecule has 4 rings (SSSR count). The Bertz CT molecular complexity index is 1330. The lowest BCUT2D eigenvalue weighted by molar-refractivity contribution is -0.139. The van der Waals surface area contributed by atoms with E-state index in [2.05, 4.69) is 13.8 Å². The van der Waals surface area contributed by atoms with Crippen molar-refractivity contribution in [3.05, 3.63) is 100 Å². The molecule has 1 fully saturated rings. The van der Waals surface area contributed by atoms with Gasteiger partial charge in [0.15, 0.2) is 11.5 Å². The van der Waals surface area contributed by atoms with Crippen LogP contribution in [0.25, 0.3) is 5.76 Å². The number of carbonyl (C=O) groups excluding carboxylic acids is 2. The van der Waals surface area contributed by atoms with E-state index in [4.69, 9.17) is 21.1 Å². The topological polar surface area (TPSA) is 76.1 Å². The van der Waals surface area contributed by atoms with E-state index in [0.29, 0.717) is 59.7 Å². The second kappa shape index (κ2) is 12.9. The molecule has 7 heteroatoms. The molecule has 6 nitrogen and oxygen atoms in total. The van der Waals surface area contributed by atoms with Crippen LogP contribution < -0.4 is 9.47 Å². The van der Waals surface area contributed by atoms with Crippen LogP contribution in [0.15, 0.2) is 78.4 Å². The summed E-state index contributed by atoms with van der Waals surface area (Å²) in [4.78, 5) is 28.3. The summed E-state index contributed by atoms with van der Waals surface area (Å²) in [5.41, 5.74) is 2.13. The first-order valence-electron chi connectivity index (χ1n) is 13.3. The van der Waals surface area contributed by atoms with E-state index in [1.807, 2.05) is 43.3 Å². The SMILES string of the molecule is CCOc1cc(C2C(=C(O)c3ccc(Cl)cc3)C(=O)C(=O)N2CCc2ccccc2)ccc1OCCC(C)C. The maximum atomic E-state index is 13.4. The average molecular weight is 548 g/mol. The first kappa shape index (κ1) is 28.2. The number of hydrogen-bond donors (Lipinski definition) is 1. The van der Waals surface area contributed by atoms with Crippen LogP contribution in [0.1, 0.15) is 49.9 Å². The number of ether oxygens (including phenoxy) is 2. The summed E-state index contributed by atoms with van der Waals surface area (Å²) in [5, 5.41) is 11.8. The number of halogens is 1. The Morgan fingerprint density at radius 1 is 0.974 bits per heavy atom. The predicted octanol–water partition coefficient (Wildman–Crippen LogP) is 6.83. The summed E-state index contributed by atoms with van der Waals surface area (Å²) >= 11 is 6.04. The first-order chi connectivity index (χ1) is 18.8. The zero-order valence-electron chi connectivity index (χ0n) is 22.5. The van der Waals surface area contributed by atoms with Crippen molar-refractivity contribution in [2.45, 2.75) is 39.7 Å². The van der Waals surface area contributed by atoms with Gasteiger partial charge >= 0.3 is 0 Å². The van der Waals surface area contributed by atoms with Crippen molar-refractivity contribution in [2.24, 2.45) is 5.92 Å². The average Bonchev–Trinajstić information content (AvgIpc) is 3.18. The summed E-state index contributed by atoms with van der Waals surface area (Å²) in [6, 6.07) is 20.9. The number of amides is 1. The lowest BCUT2D eigenvalue weighted by Gasteiger charge is -2.26. The number of carbonyl (C=O) groups is 2. The van der Waals surface area contributed by atoms with Gasteiger partial charge in [0, 0.05) is 17.1 Å². The molecule has 1 atom stereocenters. The second-order valence-electron chi connectivity index (χ2n) is 9.91. The number of benzene rings is 3. The number of hydrogen-bond acceptors (Lipinski definition) is 5. The van der Waals surface area contributed by atoms with Gasteiger partial charge in [0.2, 0.25) is 0 Å². The molecule has 1 N–H and O–H groups in total. The van der Waals surface area contributed by atoms with E-state index in [1.54, 1.807) is 36.4 Å². The smallest absolute Gasteiger partial charge is 0.295 e. The molecule has 0 spiro atoms. The zero-order valence-corrected chi connectivity index (χ0v) is 23.3. The number of nitrogens with zero attached hydrogens (tertiary/aromatic N) is 1. The summed E-state index contributed by atoms with van der Waals surface area (Å²) in [6.45, 7) is 7.42. The molecule has 1 aliphatic heterocycles. The highest BCUT2D eigenvalue weighted by atomic mass is 35.5. The molecule has 1 unspecified atom stereocenters. The Hall–Kier alpha value is -3.77. The Balaban J connectivity index is 1.77. The van der Waals surface area contributed by atoms with Gasteiger partial charge in [0.1, 0.15) is 5.76 Å². The molecule has 0 saturated carbocycles. The molecule has 3 aromatic rings. The highest BCUT2D eigenvalue weighted by Gasteiger charge is 2.46. The molecule has 0 aromatic heterocycles. The summed E-state index contributed by atoms with van der Waals surface area (Å²) in [7, 11) is 0. The van der Waals surface area contributed by atoms with Crippen molar-refractivity contribution in [3.63, 3.8) is 0 Å². The van der Waals surface area contributed by atoms with Gasteiger partial charge in [0.25, 0.3) is 11.7 Å². The number of likely N-dealkylation sites (tertiary alicyclic amines) is 1. The number of Topliss-reactive ketones (excluding diaryl/α,β-unsaturated/α-hetero) is 1. The van der Waals surface area contributed by atoms with E-state index >= 15 is 0 Å². The molecule has 1 saturated heterocycles. The Morgan fingerprint density at radius 2 is 1.69 bits per heavy atom. The lowest BCUT2D eigenvalue weighted by atomic mass is 9.94. The molecule has 1 amide bonds. The highest BCUT2D eigenvalue weighted by molar-refractivity contribution is 6.46. The fourth-order valence-corrected chi connectivity index (χ4v) is 4.73. The predicted molar refractivity (Wildman–Crippen MR) is 153 cm³/mol. The number of ketones is 1. The first-order valence-corrected chi connectivity index (χ1v) is 13.7. The van der Waals surface area contributed by atoms with E-state index in [-0.39, 0.29) is 11.3 Å². The third-order valence-corrected chi connectivity index (χ3v) is 6.93. The van der Waals surface area contributed by atoms with E-state index in [0.717, 1.165) is 12.0 Å². The van der Waals surface area contributed by atoms with Gasteiger partial charge in [-0.05, 0) is 73.2 Å². The molecule has 0 radical (unpaired) electrons. The van der Waals surface area contributed by atoms with Crippen LogP contribution in [-0.2, 0) is 16.0 Å². The standard InChI is InChI=1S/C32H34ClNO5/c1-4-38-27-20-24(12-15-26(27)39-19-17-21(2)3)29-28(30(35)23-10-13-25(33)14-11-23)31(36)32(37)34(29)18-16-22-8-6-5-7-9-22/h5-15,20-21,29,35H,4,16-19H2,1-3H3. The molecule has 0 bridgehead atoms. The molecule has 0 aliphatic carbocycles. The summed E-state index contributed by atoms with van der Waals surface area (Å²) < 4.78 is 11.9. The van der Waals surface area contributed by atoms with Crippen molar-refractivity contribution < 1.29 is 24.2 Å². The molecule has 39 heavy (non-hydrogen) atoms. The number of aliphatic hydroxyl groups excluding tert-OH is 1. The van der Waals surface area contributed by atoms with Gasteiger partial charge in [-0.2, -0.15) is 0 Å². The molecular weight excluding hydrogens is 514 g/mol. The molecule has 1 aliphatic rings. The minimum atomic E-state index is -0.798. The van der Waals surface area contributed by atoms with Gasteiger partial charge in [0.05, 0.1) is 24.8 Å². The highest BCUT2D eigenvalue weighted by Crippen LogP contribution is 2.42. The van der Waals surface area contributed by atoms with Crippen LogP contribution in [0.5, 0.6) is 11.5 Å². The van der Waals surface area contributed by atoms with Crippen molar-refractivity contribution >= 4 is 29.1 Å². The maximum absolute atomic E-state index is 13.4. The Morgan fingerprint density at radius 3 is 2.36 bits per heavy atom. The molecule has 204 valence electrons. The quantitative estimate of drug-likeness (QED) is 0.162. The van der Waals surface area contributed by atoms with Crippen LogP contribution in [0.4, 0.5) is 0 Å². The van der Waals surface area contributed by atoms with Crippen LogP contribution in [0.2, 0.25) is 5.02 Å². The Labute approximate surface area is 234 Å².